The third-order valence-corrected chi connectivity index (χ3v) is 4.25. The van der Waals surface area contributed by atoms with E-state index < -0.39 is 0 Å². The van der Waals surface area contributed by atoms with Crippen molar-refractivity contribution in [2.45, 2.75) is 13.2 Å². The second-order valence-corrected chi connectivity index (χ2v) is 6.08. The van der Waals surface area contributed by atoms with Crippen LogP contribution >= 0.6 is 15.9 Å². The van der Waals surface area contributed by atoms with Crippen molar-refractivity contribution >= 4 is 22.2 Å². The number of fused-ring (bicyclic) bond motifs is 5. The molecule has 8 heteroatoms. The van der Waals surface area contributed by atoms with E-state index in [9.17, 15) is 4.79 Å². The number of halogens is 1. The molecule has 1 aliphatic heterocycles. The molecular weight excluding hydrogens is 362 g/mol. The van der Waals surface area contributed by atoms with E-state index in [0.717, 1.165) is 33.5 Å². The average Bonchev–Trinajstić information content (AvgIpc) is 3.10. The Labute approximate surface area is 140 Å². The molecule has 7 nitrogen and oxygen atoms in total. The Kier molecular flexibility index (Phi) is 3.35. The molecule has 3 heterocycles. The van der Waals surface area contributed by atoms with E-state index in [1.165, 1.54) is 0 Å². The van der Waals surface area contributed by atoms with Crippen LogP contribution < -0.4 is 0 Å². The van der Waals surface area contributed by atoms with Crippen LogP contribution in [0.15, 0.2) is 29.0 Å². The van der Waals surface area contributed by atoms with E-state index >= 15 is 0 Å². The number of aldehydes is 1. The zero-order chi connectivity index (χ0) is 16.0. The van der Waals surface area contributed by atoms with Gasteiger partial charge in [0.25, 0.3) is 0 Å². The maximum atomic E-state index is 11.3. The van der Waals surface area contributed by atoms with Gasteiger partial charge in [0.15, 0.2) is 17.9 Å². The smallest absolute Gasteiger partial charge is 0.176 e. The minimum absolute atomic E-state index is 0.336. The summed E-state index contributed by atoms with van der Waals surface area (Å²) >= 11 is 3.50. The Balaban J connectivity index is 2.01. The lowest BCUT2D eigenvalue weighted by molar-refractivity contribution is 0.111. The molecule has 4 rings (SSSR count). The molecule has 23 heavy (non-hydrogen) atoms. The van der Waals surface area contributed by atoms with E-state index in [1.54, 1.807) is 18.1 Å². The Morgan fingerprint density at radius 2 is 2.30 bits per heavy atom. The van der Waals surface area contributed by atoms with Crippen LogP contribution in [0, 0.1) is 0 Å². The van der Waals surface area contributed by atoms with Crippen LogP contribution in [0.5, 0.6) is 0 Å². The van der Waals surface area contributed by atoms with Crippen LogP contribution in [0.4, 0.5) is 0 Å². The highest BCUT2D eigenvalue weighted by Crippen LogP contribution is 2.33. The molecule has 0 spiro atoms. The Bertz CT molecular complexity index is 915. The fourth-order valence-corrected chi connectivity index (χ4v) is 3.14. The van der Waals surface area contributed by atoms with E-state index in [-0.39, 0.29) is 0 Å². The summed E-state index contributed by atoms with van der Waals surface area (Å²) in [5.74, 6) is 1.35. The van der Waals surface area contributed by atoms with Crippen molar-refractivity contribution in [3.63, 3.8) is 0 Å². The van der Waals surface area contributed by atoms with E-state index in [2.05, 4.69) is 31.0 Å². The summed E-state index contributed by atoms with van der Waals surface area (Å²) in [6.45, 7) is 0.759. The number of rotatable bonds is 3. The predicted octanol–water partition coefficient (Wildman–Crippen LogP) is 2.21. The topological polar surface area (TPSA) is 74.8 Å². The van der Waals surface area contributed by atoms with E-state index in [4.69, 9.17) is 4.74 Å². The molecule has 0 fully saturated rings. The number of hydrogen-bond acceptors (Lipinski definition) is 5. The van der Waals surface area contributed by atoms with E-state index in [1.807, 2.05) is 22.8 Å². The molecule has 2 aromatic heterocycles. The van der Waals surface area contributed by atoms with Crippen molar-refractivity contribution in [2.75, 3.05) is 7.11 Å². The summed E-state index contributed by atoms with van der Waals surface area (Å²) in [5, 5.41) is 4.49. The number of imidazole rings is 1. The van der Waals surface area contributed by atoms with Gasteiger partial charge < -0.3 is 4.74 Å². The largest absolute Gasteiger partial charge is 0.377 e. The molecule has 0 unspecified atom stereocenters. The first-order chi connectivity index (χ1) is 11.2. The number of carbonyl (C=O) groups is 1. The summed E-state index contributed by atoms with van der Waals surface area (Å²) in [6.07, 6.45) is 2.43. The number of methoxy groups -OCH3 is 1. The molecule has 0 aliphatic carbocycles. The van der Waals surface area contributed by atoms with Crippen molar-refractivity contribution in [3.8, 4) is 17.1 Å². The molecule has 0 radical (unpaired) electrons. The predicted molar refractivity (Wildman–Crippen MR) is 85.5 cm³/mol. The van der Waals surface area contributed by atoms with Crippen LogP contribution in [-0.2, 0) is 17.9 Å². The van der Waals surface area contributed by atoms with Crippen molar-refractivity contribution < 1.29 is 9.53 Å². The van der Waals surface area contributed by atoms with Gasteiger partial charge in [0.05, 0.1) is 17.9 Å². The molecule has 1 aliphatic rings. The van der Waals surface area contributed by atoms with Crippen molar-refractivity contribution in [3.05, 3.63) is 46.2 Å². The number of aromatic nitrogens is 5. The highest BCUT2D eigenvalue weighted by Gasteiger charge is 2.24. The molecule has 1 aromatic carbocycles. The zero-order valence-electron chi connectivity index (χ0n) is 12.2. The highest BCUT2D eigenvalue weighted by atomic mass is 79.9. The SMILES string of the molecule is COCc1nc2n(n1)Cc1c(C=O)ncn1-c1ccc(Br)cc1-2. The first-order valence-corrected chi connectivity index (χ1v) is 7.75. The normalized spacial score (nSPS) is 12.3. The number of nitrogens with zero attached hydrogens (tertiary/aromatic N) is 5. The molecular formula is C15H12BrN5O2. The molecule has 0 saturated heterocycles. The first-order valence-electron chi connectivity index (χ1n) is 6.95. The molecule has 3 aromatic rings. The number of hydrogen-bond donors (Lipinski definition) is 0. The maximum Gasteiger partial charge on any atom is 0.176 e. The molecule has 0 amide bonds. The Hall–Kier alpha value is -2.32. The van der Waals surface area contributed by atoms with E-state index in [0.29, 0.717) is 24.7 Å². The Morgan fingerprint density at radius 1 is 1.43 bits per heavy atom. The van der Waals surface area contributed by atoms with Crippen molar-refractivity contribution in [1.82, 2.24) is 24.3 Å². The lowest BCUT2D eigenvalue weighted by Crippen LogP contribution is -2.07. The molecule has 0 atom stereocenters. The van der Waals surface area contributed by atoms with Gasteiger partial charge in [-0.2, -0.15) is 5.10 Å². The Morgan fingerprint density at radius 3 is 3.09 bits per heavy atom. The van der Waals surface area contributed by atoms with Gasteiger partial charge in [0.2, 0.25) is 0 Å². The number of ether oxygens (including phenoxy) is 1. The van der Waals surface area contributed by atoms with Crippen LogP contribution in [0.25, 0.3) is 17.1 Å². The minimum Gasteiger partial charge on any atom is -0.377 e. The summed E-state index contributed by atoms with van der Waals surface area (Å²) in [4.78, 5) is 20.1. The highest BCUT2D eigenvalue weighted by molar-refractivity contribution is 9.10. The third kappa shape index (κ3) is 2.22. The summed E-state index contributed by atoms with van der Waals surface area (Å²) < 4.78 is 9.77. The second kappa shape index (κ2) is 5.39. The van der Waals surface area contributed by atoms with Gasteiger partial charge in [-0.05, 0) is 18.2 Å². The second-order valence-electron chi connectivity index (χ2n) is 5.17. The summed E-state index contributed by atoms with van der Waals surface area (Å²) in [7, 11) is 1.61. The standard InChI is InChI=1S/C15H12BrN5O2/c1-23-7-14-18-15-10-4-9(16)2-3-12(10)20-8-17-11(6-22)13(20)5-21(15)19-14/h2-4,6,8H,5,7H2,1H3. The van der Waals surface area contributed by atoms with Crippen LogP contribution in [0.3, 0.4) is 0 Å². The zero-order valence-corrected chi connectivity index (χ0v) is 13.8. The van der Waals surface area contributed by atoms with Gasteiger partial charge >= 0.3 is 0 Å². The molecule has 116 valence electrons. The lowest BCUT2D eigenvalue weighted by Gasteiger charge is -2.08. The summed E-state index contributed by atoms with van der Waals surface area (Å²) in [6, 6.07) is 5.91. The van der Waals surface area contributed by atoms with Crippen LogP contribution in [0.1, 0.15) is 22.0 Å². The number of carbonyl (C=O) groups excluding carboxylic acids is 1. The molecule has 0 N–H and O–H groups in total. The third-order valence-electron chi connectivity index (χ3n) is 3.76. The van der Waals surface area contributed by atoms with Gasteiger partial charge in [-0.15, -0.1) is 0 Å². The summed E-state index contributed by atoms with van der Waals surface area (Å²) in [5.41, 5.74) is 3.04. The molecule has 0 saturated carbocycles. The quantitative estimate of drug-likeness (QED) is 0.514. The van der Waals surface area contributed by atoms with Crippen molar-refractivity contribution in [1.29, 1.82) is 0 Å². The fourth-order valence-electron chi connectivity index (χ4n) is 2.78. The van der Waals surface area contributed by atoms with Gasteiger partial charge in [-0.3, -0.25) is 9.36 Å². The lowest BCUT2D eigenvalue weighted by atomic mass is 10.1. The number of benzene rings is 1. The van der Waals surface area contributed by atoms with Gasteiger partial charge in [-0.25, -0.2) is 14.6 Å². The van der Waals surface area contributed by atoms with Gasteiger partial charge in [0, 0.05) is 17.1 Å². The maximum absolute atomic E-state index is 11.3. The van der Waals surface area contributed by atoms with Crippen LogP contribution in [0.2, 0.25) is 0 Å². The molecule has 0 bridgehead atoms. The van der Waals surface area contributed by atoms with Crippen LogP contribution in [-0.4, -0.2) is 37.7 Å². The average molecular weight is 374 g/mol. The van der Waals surface area contributed by atoms with Crippen molar-refractivity contribution in [2.24, 2.45) is 0 Å². The minimum atomic E-state index is 0.336. The van der Waals surface area contributed by atoms with Gasteiger partial charge in [0.1, 0.15) is 18.6 Å². The van der Waals surface area contributed by atoms with Gasteiger partial charge in [-0.1, -0.05) is 15.9 Å². The fraction of sp³-hybridized carbons (Fsp3) is 0.200. The monoisotopic (exact) mass is 373 g/mol. The first kappa shape index (κ1) is 14.3.